The minimum absolute atomic E-state index is 0.134. The Morgan fingerprint density at radius 2 is 1.79 bits per heavy atom. The average molecular weight is 378 g/mol. The fraction of sp³-hybridized carbons (Fsp3) is 0.261. The van der Waals surface area contributed by atoms with Crippen LogP contribution in [0.1, 0.15) is 22.8 Å². The molecule has 0 amide bonds. The lowest BCUT2D eigenvalue weighted by Gasteiger charge is -2.36. The zero-order valence-electron chi connectivity index (χ0n) is 15.9. The SMILES string of the molecule is CC(=O)c1ccc(N2CCN(Cc3c(O)ccc4ccccc34)CC2)c(F)c1. The van der Waals surface area contributed by atoms with Gasteiger partial charge in [0.25, 0.3) is 0 Å². The molecule has 5 heteroatoms. The number of phenolic OH excluding ortho intramolecular Hbond substituents is 1. The Balaban J connectivity index is 1.47. The molecule has 1 aliphatic rings. The summed E-state index contributed by atoms with van der Waals surface area (Å²) in [5.41, 5.74) is 1.87. The lowest BCUT2D eigenvalue weighted by molar-refractivity contribution is 0.101. The molecule has 1 heterocycles. The fourth-order valence-electron chi connectivity index (χ4n) is 3.84. The number of ketones is 1. The second-order valence-electron chi connectivity index (χ2n) is 7.27. The molecule has 0 radical (unpaired) electrons. The van der Waals surface area contributed by atoms with E-state index in [9.17, 15) is 14.3 Å². The Hall–Kier alpha value is -2.92. The molecule has 0 unspecified atom stereocenters. The van der Waals surface area contributed by atoms with Crippen LogP contribution in [0.25, 0.3) is 10.8 Å². The minimum Gasteiger partial charge on any atom is -0.508 e. The van der Waals surface area contributed by atoms with Gasteiger partial charge in [0.2, 0.25) is 0 Å². The van der Waals surface area contributed by atoms with E-state index in [1.54, 1.807) is 18.2 Å². The Bertz CT molecular complexity index is 1030. The van der Waals surface area contributed by atoms with Crippen LogP contribution in [0.5, 0.6) is 5.75 Å². The van der Waals surface area contributed by atoms with Crippen LogP contribution in [-0.2, 0) is 6.54 Å². The summed E-state index contributed by atoms with van der Waals surface area (Å²) >= 11 is 0. The summed E-state index contributed by atoms with van der Waals surface area (Å²) in [6.07, 6.45) is 0. The molecule has 1 fully saturated rings. The Labute approximate surface area is 163 Å². The average Bonchev–Trinajstić information content (AvgIpc) is 2.71. The van der Waals surface area contributed by atoms with E-state index in [2.05, 4.69) is 4.90 Å². The first kappa shape index (κ1) is 18.4. The maximum Gasteiger partial charge on any atom is 0.159 e. The molecule has 28 heavy (non-hydrogen) atoms. The molecule has 1 aliphatic heterocycles. The third kappa shape index (κ3) is 3.58. The summed E-state index contributed by atoms with van der Waals surface area (Å²) in [5.74, 6) is -0.176. The van der Waals surface area contributed by atoms with Crippen LogP contribution < -0.4 is 4.90 Å². The molecule has 0 bridgehead atoms. The highest BCUT2D eigenvalue weighted by Gasteiger charge is 2.21. The van der Waals surface area contributed by atoms with Crippen LogP contribution in [0.4, 0.5) is 10.1 Å². The standard InChI is InChI=1S/C23H23FN2O2/c1-16(27)18-6-8-22(21(24)14-18)26-12-10-25(11-13-26)15-20-19-5-3-2-4-17(19)7-9-23(20)28/h2-9,14,28H,10-13,15H2,1H3. The number of fused-ring (bicyclic) bond motifs is 1. The molecule has 4 rings (SSSR count). The van der Waals surface area contributed by atoms with Gasteiger partial charge in [0.15, 0.2) is 5.78 Å². The quantitative estimate of drug-likeness (QED) is 0.691. The predicted octanol–water partition coefficient (Wildman–Crippen LogP) is 4.21. The zero-order valence-corrected chi connectivity index (χ0v) is 15.9. The van der Waals surface area contributed by atoms with Crippen molar-refractivity contribution in [2.45, 2.75) is 13.5 Å². The van der Waals surface area contributed by atoms with Gasteiger partial charge in [-0.15, -0.1) is 0 Å². The molecular formula is C23H23FN2O2. The molecule has 0 atom stereocenters. The highest BCUT2D eigenvalue weighted by molar-refractivity contribution is 5.94. The number of Topliss-reactive ketones (excluding diaryl/α,β-unsaturated/α-hetero) is 1. The van der Waals surface area contributed by atoms with E-state index in [4.69, 9.17) is 0 Å². The summed E-state index contributed by atoms with van der Waals surface area (Å²) < 4.78 is 14.4. The van der Waals surface area contributed by atoms with E-state index in [-0.39, 0.29) is 11.6 Å². The van der Waals surface area contributed by atoms with Crippen LogP contribution in [0.15, 0.2) is 54.6 Å². The largest absolute Gasteiger partial charge is 0.508 e. The van der Waals surface area contributed by atoms with Crippen molar-refractivity contribution < 1.29 is 14.3 Å². The molecule has 0 spiro atoms. The van der Waals surface area contributed by atoms with Gasteiger partial charge in [-0.05, 0) is 42.0 Å². The number of aromatic hydroxyl groups is 1. The number of piperazine rings is 1. The molecule has 0 aromatic heterocycles. The van der Waals surface area contributed by atoms with E-state index < -0.39 is 0 Å². The van der Waals surface area contributed by atoms with Gasteiger partial charge >= 0.3 is 0 Å². The highest BCUT2D eigenvalue weighted by Crippen LogP contribution is 2.29. The number of nitrogens with zero attached hydrogens (tertiary/aromatic N) is 2. The number of carbonyl (C=O) groups excluding carboxylic acids is 1. The smallest absolute Gasteiger partial charge is 0.159 e. The number of hydrogen-bond donors (Lipinski definition) is 1. The topological polar surface area (TPSA) is 43.8 Å². The maximum absolute atomic E-state index is 14.4. The molecule has 0 aliphatic carbocycles. The highest BCUT2D eigenvalue weighted by atomic mass is 19.1. The first-order chi connectivity index (χ1) is 13.5. The van der Waals surface area contributed by atoms with Crippen molar-refractivity contribution in [1.82, 2.24) is 4.90 Å². The van der Waals surface area contributed by atoms with Crippen molar-refractivity contribution in [1.29, 1.82) is 0 Å². The van der Waals surface area contributed by atoms with E-state index >= 15 is 0 Å². The Kier molecular flexibility index (Phi) is 5.01. The van der Waals surface area contributed by atoms with Gasteiger partial charge in [-0.3, -0.25) is 9.69 Å². The maximum atomic E-state index is 14.4. The zero-order chi connectivity index (χ0) is 19.7. The summed E-state index contributed by atoms with van der Waals surface area (Å²) in [4.78, 5) is 15.7. The van der Waals surface area contributed by atoms with E-state index in [1.807, 2.05) is 35.2 Å². The van der Waals surface area contributed by atoms with Crippen LogP contribution in [0.2, 0.25) is 0 Å². The first-order valence-corrected chi connectivity index (χ1v) is 9.50. The van der Waals surface area contributed by atoms with E-state index in [1.165, 1.54) is 13.0 Å². The second-order valence-corrected chi connectivity index (χ2v) is 7.27. The summed E-state index contributed by atoms with van der Waals surface area (Å²) in [5, 5.41) is 12.5. The molecule has 1 N–H and O–H groups in total. The molecular weight excluding hydrogens is 355 g/mol. The minimum atomic E-state index is -0.354. The van der Waals surface area contributed by atoms with Gasteiger partial charge in [-0.2, -0.15) is 0 Å². The normalized spacial score (nSPS) is 15.1. The monoisotopic (exact) mass is 378 g/mol. The molecule has 4 nitrogen and oxygen atoms in total. The van der Waals surface area contributed by atoms with Crippen molar-refractivity contribution in [3.63, 3.8) is 0 Å². The second kappa shape index (κ2) is 7.60. The van der Waals surface area contributed by atoms with Crippen molar-refractivity contribution in [3.05, 3.63) is 71.5 Å². The third-order valence-corrected chi connectivity index (χ3v) is 5.46. The lowest BCUT2D eigenvalue weighted by Crippen LogP contribution is -2.46. The number of halogens is 1. The van der Waals surface area contributed by atoms with Crippen molar-refractivity contribution in [3.8, 4) is 5.75 Å². The lowest BCUT2D eigenvalue weighted by atomic mass is 10.0. The number of benzene rings is 3. The van der Waals surface area contributed by atoms with Gasteiger partial charge in [0, 0.05) is 43.9 Å². The predicted molar refractivity (Wildman–Crippen MR) is 110 cm³/mol. The van der Waals surface area contributed by atoms with E-state index in [0.717, 1.165) is 29.4 Å². The molecule has 1 saturated heterocycles. The van der Waals surface area contributed by atoms with Crippen LogP contribution in [0.3, 0.4) is 0 Å². The number of hydrogen-bond acceptors (Lipinski definition) is 4. The van der Waals surface area contributed by atoms with E-state index in [0.29, 0.717) is 36.6 Å². The molecule has 3 aromatic rings. The van der Waals surface area contributed by atoms with Crippen LogP contribution in [-0.4, -0.2) is 42.0 Å². The number of anilines is 1. The first-order valence-electron chi connectivity index (χ1n) is 9.50. The summed E-state index contributed by atoms with van der Waals surface area (Å²) in [6.45, 7) is 5.04. The van der Waals surface area contributed by atoms with Crippen molar-refractivity contribution in [2.24, 2.45) is 0 Å². The fourth-order valence-corrected chi connectivity index (χ4v) is 3.84. The number of phenols is 1. The van der Waals surface area contributed by atoms with Gasteiger partial charge < -0.3 is 10.0 Å². The van der Waals surface area contributed by atoms with Gasteiger partial charge in [0.05, 0.1) is 5.69 Å². The van der Waals surface area contributed by atoms with Gasteiger partial charge in [-0.25, -0.2) is 4.39 Å². The molecule has 144 valence electrons. The van der Waals surface area contributed by atoms with Gasteiger partial charge in [0.1, 0.15) is 11.6 Å². The molecule has 0 saturated carbocycles. The third-order valence-electron chi connectivity index (χ3n) is 5.46. The van der Waals surface area contributed by atoms with Crippen molar-refractivity contribution in [2.75, 3.05) is 31.1 Å². The summed E-state index contributed by atoms with van der Waals surface area (Å²) in [6, 6.07) is 16.4. The van der Waals surface area contributed by atoms with Crippen LogP contribution in [0, 0.1) is 5.82 Å². The number of rotatable bonds is 4. The Morgan fingerprint density at radius 1 is 1.04 bits per heavy atom. The van der Waals surface area contributed by atoms with Crippen molar-refractivity contribution >= 4 is 22.2 Å². The summed E-state index contributed by atoms with van der Waals surface area (Å²) in [7, 11) is 0. The molecule has 3 aromatic carbocycles. The Morgan fingerprint density at radius 3 is 2.50 bits per heavy atom. The number of carbonyl (C=O) groups is 1. The van der Waals surface area contributed by atoms with Crippen LogP contribution >= 0.6 is 0 Å². The van der Waals surface area contributed by atoms with Gasteiger partial charge in [-0.1, -0.05) is 30.3 Å².